The molecule has 2 aliphatic rings. The summed E-state index contributed by atoms with van der Waals surface area (Å²) in [5.74, 6) is 0. The molecule has 0 spiro atoms. The first kappa shape index (κ1) is 14.0. The third-order valence-corrected chi connectivity index (χ3v) is 4.08. The van der Waals surface area contributed by atoms with Crippen LogP contribution in [0.4, 0.5) is 0 Å². The fraction of sp³-hybridized carbons (Fsp3) is 0.467. The van der Waals surface area contributed by atoms with Gasteiger partial charge in [0.05, 0.1) is 24.3 Å². The summed E-state index contributed by atoms with van der Waals surface area (Å²) in [6.45, 7) is 1.67. The SMILES string of the molecule is Cc1cn(C2C=CC(O)C2)c(=O)n(C2C=CC(O)C2)c1=O. The molecule has 0 saturated heterocycles. The molecule has 3 rings (SSSR count). The number of aryl methyl sites for hydroxylation is 1. The number of hydrogen-bond donors (Lipinski definition) is 2. The molecule has 6 nitrogen and oxygen atoms in total. The summed E-state index contributed by atoms with van der Waals surface area (Å²) in [6.07, 6.45) is 7.85. The molecule has 0 fully saturated rings. The summed E-state index contributed by atoms with van der Waals surface area (Å²) in [4.78, 5) is 24.9. The minimum atomic E-state index is -0.622. The van der Waals surface area contributed by atoms with Crippen molar-refractivity contribution in [3.8, 4) is 0 Å². The van der Waals surface area contributed by atoms with Crippen LogP contribution in [0.15, 0.2) is 40.1 Å². The van der Waals surface area contributed by atoms with E-state index in [4.69, 9.17) is 0 Å². The third-order valence-electron chi connectivity index (χ3n) is 4.08. The smallest absolute Gasteiger partial charge is 0.332 e. The average Bonchev–Trinajstić information content (AvgIpc) is 3.03. The quantitative estimate of drug-likeness (QED) is 0.753. The van der Waals surface area contributed by atoms with Crippen LogP contribution < -0.4 is 11.2 Å². The molecule has 0 radical (unpaired) electrons. The van der Waals surface area contributed by atoms with Gasteiger partial charge in [-0.3, -0.25) is 13.9 Å². The van der Waals surface area contributed by atoms with Gasteiger partial charge in [-0.05, 0) is 6.92 Å². The van der Waals surface area contributed by atoms with Crippen LogP contribution in [0.5, 0.6) is 0 Å². The summed E-state index contributed by atoms with van der Waals surface area (Å²) < 4.78 is 2.68. The van der Waals surface area contributed by atoms with Gasteiger partial charge in [-0.15, -0.1) is 0 Å². The van der Waals surface area contributed by atoms with E-state index < -0.39 is 23.9 Å². The highest BCUT2D eigenvalue weighted by atomic mass is 16.3. The summed E-state index contributed by atoms with van der Waals surface area (Å²) in [7, 11) is 0. The van der Waals surface area contributed by atoms with Crippen LogP contribution in [0.2, 0.25) is 0 Å². The number of nitrogens with zero attached hydrogens (tertiary/aromatic N) is 2. The molecular formula is C15H18N2O4. The number of allylic oxidation sites excluding steroid dienone is 2. The Kier molecular flexibility index (Phi) is 3.43. The van der Waals surface area contributed by atoms with Gasteiger partial charge in [0.25, 0.3) is 5.56 Å². The van der Waals surface area contributed by atoms with Crippen molar-refractivity contribution < 1.29 is 10.2 Å². The molecule has 1 aromatic rings. The van der Waals surface area contributed by atoms with Gasteiger partial charge in [0.2, 0.25) is 0 Å². The lowest BCUT2D eigenvalue weighted by Gasteiger charge is -2.19. The largest absolute Gasteiger partial charge is 0.389 e. The van der Waals surface area contributed by atoms with Crippen molar-refractivity contribution in [2.24, 2.45) is 0 Å². The van der Waals surface area contributed by atoms with Crippen molar-refractivity contribution in [3.63, 3.8) is 0 Å². The topological polar surface area (TPSA) is 84.5 Å². The van der Waals surface area contributed by atoms with E-state index in [0.29, 0.717) is 18.4 Å². The first-order chi connectivity index (χ1) is 9.97. The minimum Gasteiger partial charge on any atom is -0.389 e. The van der Waals surface area contributed by atoms with E-state index in [2.05, 4.69) is 0 Å². The van der Waals surface area contributed by atoms with Crippen LogP contribution in [0.3, 0.4) is 0 Å². The van der Waals surface area contributed by atoms with E-state index in [1.54, 1.807) is 37.4 Å². The second-order valence-electron chi connectivity index (χ2n) is 5.69. The number of hydrogen-bond acceptors (Lipinski definition) is 4. The number of rotatable bonds is 2. The predicted molar refractivity (Wildman–Crippen MR) is 77.3 cm³/mol. The molecule has 21 heavy (non-hydrogen) atoms. The van der Waals surface area contributed by atoms with Gasteiger partial charge in [0.1, 0.15) is 0 Å². The summed E-state index contributed by atoms with van der Waals surface area (Å²) >= 11 is 0. The highest BCUT2D eigenvalue weighted by Gasteiger charge is 2.26. The third kappa shape index (κ3) is 2.41. The second-order valence-corrected chi connectivity index (χ2v) is 5.69. The maximum Gasteiger partial charge on any atom is 0.332 e. The zero-order valence-electron chi connectivity index (χ0n) is 11.7. The lowest BCUT2D eigenvalue weighted by atomic mass is 10.2. The van der Waals surface area contributed by atoms with Crippen LogP contribution >= 0.6 is 0 Å². The van der Waals surface area contributed by atoms with Crippen LogP contribution in [-0.2, 0) is 0 Å². The molecule has 1 aromatic heterocycles. The first-order valence-corrected chi connectivity index (χ1v) is 7.04. The van der Waals surface area contributed by atoms with E-state index >= 15 is 0 Å². The van der Waals surface area contributed by atoms with Gasteiger partial charge in [-0.1, -0.05) is 24.3 Å². The van der Waals surface area contributed by atoms with E-state index in [1.165, 1.54) is 9.13 Å². The zero-order chi connectivity index (χ0) is 15.1. The number of aromatic nitrogens is 2. The summed E-state index contributed by atoms with van der Waals surface area (Å²) in [6, 6.07) is -0.658. The molecule has 6 heteroatoms. The summed E-state index contributed by atoms with van der Waals surface area (Å²) in [5.41, 5.74) is -0.264. The second kappa shape index (κ2) is 5.13. The van der Waals surface area contributed by atoms with Crippen molar-refractivity contribution in [1.29, 1.82) is 0 Å². The van der Waals surface area contributed by atoms with Crippen molar-refractivity contribution in [2.45, 2.75) is 44.1 Å². The Morgan fingerprint density at radius 3 is 2.10 bits per heavy atom. The maximum absolute atomic E-state index is 12.6. The maximum atomic E-state index is 12.6. The van der Waals surface area contributed by atoms with E-state index in [1.807, 2.05) is 0 Å². The fourth-order valence-corrected chi connectivity index (χ4v) is 2.97. The number of aliphatic hydroxyl groups is 2. The number of aliphatic hydroxyl groups excluding tert-OH is 2. The van der Waals surface area contributed by atoms with Crippen LogP contribution in [0, 0.1) is 6.92 Å². The molecule has 0 bridgehead atoms. The molecule has 1 heterocycles. The molecule has 4 unspecified atom stereocenters. The standard InChI is InChI=1S/C15H18N2O4/c1-9-8-16(10-2-4-12(18)6-10)15(21)17(14(9)20)11-3-5-13(19)7-11/h2-5,8,10-13,18-19H,6-7H2,1H3. The lowest BCUT2D eigenvalue weighted by molar-refractivity contribution is 0.205. The Hall–Kier alpha value is -1.92. The Morgan fingerprint density at radius 2 is 1.57 bits per heavy atom. The van der Waals surface area contributed by atoms with Crippen molar-refractivity contribution in [3.05, 3.63) is 56.9 Å². The Labute approximate surface area is 121 Å². The molecule has 0 amide bonds. The Bertz CT molecular complexity index is 728. The van der Waals surface area contributed by atoms with Gasteiger partial charge in [0.15, 0.2) is 0 Å². The molecule has 4 atom stereocenters. The van der Waals surface area contributed by atoms with Crippen molar-refractivity contribution in [1.82, 2.24) is 9.13 Å². The van der Waals surface area contributed by atoms with Crippen molar-refractivity contribution >= 4 is 0 Å². The molecule has 0 saturated carbocycles. The highest BCUT2D eigenvalue weighted by molar-refractivity contribution is 5.13. The Morgan fingerprint density at radius 1 is 1.00 bits per heavy atom. The van der Waals surface area contributed by atoms with Crippen LogP contribution in [-0.4, -0.2) is 31.6 Å². The van der Waals surface area contributed by atoms with Crippen LogP contribution in [0.1, 0.15) is 30.5 Å². The van der Waals surface area contributed by atoms with Gasteiger partial charge in [-0.25, -0.2) is 4.79 Å². The van der Waals surface area contributed by atoms with Gasteiger partial charge in [-0.2, -0.15) is 0 Å². The average molecular weight is 290 g/mol. The molecule has 2 N–H and O–H groups in total. The van der Waals surface area contributed by atoms with Gasteiger partial charge < -0.3 is 10.2 Å². The van der Waals surface area contributed by atoms with Gasteiger partial charge in [0, 0.05) is 24.6 Å². The Balaban J connectivity index is 2.10. The molecular weight excluding hydrogens is 272 g/mol. The monoisotopic (exact) mass is 290 g/mol. The van der Waals surface area contributed by atoms with E-state index in [-0.39, 0.29) is 11.6 Å². The van der Waals surface area contributed by atoms with Crippen LogP contribution in [0.25, 0.3) is 0 Å². The minimum absolute atomic E-state index is 0.242. The molecule has 0 aromatic carbocycles. The van der Waals surface area contributed by atoms with E-state index in [9.17, 15) is 19.8 Å². The fourth-order valence-electron chi connectivity index (χ4n) is 2.97. The molecule has 0 aliphatic heterocycles. The lowest BCUT2D eigenvalue weighted by Crippen LogP contribution is -2.43. The zero-order valence-corrected chi connectivity index (χ0v) is 11.7. The summed E-state index contributed by atoms with van der Waals surface area (Å²) in [5, 5.41) is 19.1. The highest BCUT2D eigenvalue weighted by Crippen LogP contribution is 2.23. The molecule has 2 aliphatic carbocycles. The van der Waals surface area contributed by atoms with Crippen molar-refractivity contribution in [2.75, 3.05) is 0 Å². The normalized spacial score (nSPS) is 31.2. The predicted octanol–water partition coefficient (Wildman–Crippen LogP) is 0.0422. The molecule has 112 valence electrons. The van der Waals surface area contributed by atoms with Gasteiger partial charge >= 0.3 is 5.69 Å². The first-order valence-electron chi connectivity index (χ1n) is 7.04. The van der Waals surface area contributed by atoms with E-state index in [0.717, 1.165) is 0 Å².